The number of ketones is 2. The van der Waals surface area contributed by atoms with Crippen LogP contribution in [0.5, 0.6) is 0 Å². The summed E-state index contributed by atoms with van der Waals surface area (Å²) < 4.78 is 0. The fourth-order valence-corrected chi connectivity index (χ4v) is 6.46. The SMILES string of the molecule is C[C@@H](Nc1ccc(N[C@H](C)C2CCCCC2)c2c1C(=O)c1ccccc1C2=O)C1CCCCC1. The van der Waals surface area contributed by atoms with Gasteiger partial charge in [-0.2, -0.15) is 0 Å². The molecule has 0 unspecified atom stereocenters. The van der Waals surface area contributed by atoms with Gasteiger partial charge in [-0.1, -0.05) is 62.8 Å². The maximum absolute atomic E-state index is 13.8. The van der Waals surface area contributed by atoms with Gasteiger partial charge >= 0.3 is 0 Å². The fraction of sp³-hybridized carbons (Fsp3) is 0.533. The summed E-state index contributed by atoms with van der Waals surface area (Å²) in [5.74, 6) is 1.13. The molecule has 5 rings (SSSR count). The molecule has 0 bridgehead atoms. The summed E-state index contributed by atoms with van der Waals surface area (Å²) in [7, 11) is 0. The number of anilines is 2. The van der Waals surface area contributed by atoms with E-state index in [1.165, 1.54) is 64.2 Å². The van der Waals surface area contributed by atoms with Crippen LogP contribution in [0, 0.1) is 11.8 Å². The summed E-state index contributed by atoms with van der Waals surface area (Å²) in [5, 5.41) is 7.33. The molecule has 2 atom stereocenters. The van der Waals surface area contributed by atoms with E-state index in [-0.39, 0.29) is 23.7 Å². The minimum atomic E-state index is -0.0440. The summed E-state index contributed by atoms with van der Waals surface area (Å²) in [6, 6.07) is 11.9. The van der Waals surface area contributed by atoms with Gasteiger partial charge in [0.15, 0.2) is 11.6 Å². The summed E-state index contributed by atoms with van der Waals surface area (Å²) in [6.45, 7) is 4.45. The van der Waals surface area contributed by atoms with Gasteiger partial charge in [0, 0.05) is 34.6 Å². The first-order valence-corrected chi connectivity index (χ1v) is 13.4. The lowest BCUT2D eigenvalue weighted by Crippen LogP contribution is -2.32. The number of rotatable bonds is 6. The van der Waals surface area contributed by atoms with Crippen LogP contribution in [-0.2, 0) is 0 Å². The van der Waals surface area contributed by atoms with Gasteiger partial charge in [-0.3, -0.25) is 9.59 Å². The largest absolute Gasteiger partial charge is 0.382 e. The van der Waals surface area contributed by atoms with E-state index in [0.717, 1.165) is 11.4 Å². The monoisotopic (exact) mass is 458 g/mol. The first-order chi connectivity index (χ1) is 16.5. The molecule has 2 N–H and O–H groups in total. The molecule has 2 aromatic carbocycles. The highest BCUT2D eigenvalue weighted by molar-refractivity contribution is 6.31. The lowest BCUT2D eigenvalue weighted by molar-refractivity contribution is 0.0980. The van der Waals surface area contributed by atoms with Crippen LogP contribution < -0.4 is 10.6 Å². The Bertz CT molecular complexity index is 979. The van der Waals surface area contributed by atoms with E-state index in [0.29, 0.717) is 34.1 Å². The van der Waals surface area contributed by atoms with Gasteiger partial charge in [0.25, 0.3) is 0 Å². The Morgan fingerprint density at radius 3 is 1.38 bits per heavy atom. The molecule has 180 valence electrons. The van der Waals surface area contributed by atoms with Crippen LogP contribution in [0.2, 0.25) is 0 Å². The number of hydrogen-bond acceptors (Lipinski definition) is 4. The second-order valence-corrected chi connectivity index (χ2v) is 10.8. The molecule has 3 aliphatic rings. The van der Waals surface area contributed by atoms with Crippen molar-refractivity contribution in [2.75, 3.05) is 10.6 Å². The first kappa shape index (κ1) is 23.1. The van der Waals surface area contributed by atoms with E-state index in [1.54, 1.807) is 12.1 Å². The van der Waals surface area contributed by atoms with Crippen LogP contribution >= 0.6 is 0 Å². The summed E-state index contributed by atoms with van der Waals surface area (Å²) >= 11 is 0. The van der Waals surface area contributed by atoms with Crippen LogP contribution in [0.3, 0.4) is 0 Å². The molecule has 0 aliphatic heterocycles. The van der Waals surface area contributed by atoms with E-state index in [4.69, 9.17) is 0 Å². The molecule has 0 saturated heterocycles. The molecule has 0 heterocycles. The van der Waals surface area contributed by atoms with Crippen molar-refractivity contribution in [2.45, 2.75) is 90.1 Å². The van der Waals surface area contributed by atoms with E-state index >= 15 is 0 Å². The van der Waals surface area contributed by atoms with Crippen molar-refractivity contribution in [3.05, 3.63) is 58.7 Å². The quantitative estimate of drug-likeness (QED) is 0.409. The summed E-state index contributed by atoms with van der Waals surface area (Å²) in [4.78, 5) is 27.5. The highest BCUT2D eigenvalue weighted by Gasteiger charge is 2.35. The Balaban J connectivity index is 1.51. The van der Waals surface area contributed by atoms with E-state index in [1.807, 2.05) is 24.3 Å². The standard InChI is InChI=1S/C30H38N2O2/c1-19(21-11-5-3-6-12-21)31-25-17-18-26(32-20(2)22-13-7-4-8-14-22)28-27(25)29(33)23-15-9-10-16-24(23)30(28)34/h9-10,15-22,31-32H,3-8,11-14H2,1-2H3/t19-,20-/m1/s1. The van der Waals surface area contributed by atoms with Crippen molar-refractivity contribution < 1.29 is 9.59 Å². The van der Waals surface area contributed by atoms with Crippen molar-refractivity contribution in [2.24, 2.45) is 11.8 Å². The zero-order valence-electron chi connectivity index (χ0n) is 20.7. The molecule has 4 heteroatoms. The van der Waals surface area contributed by atoms with Gasteiger partial charge in [0.2, 0.25) is 0 Å². The van der Waals surface area contributed by atoms with Crippen LogP contribution in [0.4, 0.5) is 11.4 Å². The average molecular weight is 459 g/mol. The van der Waals surface area contributed by atoms with Gasteiger partial charge in [0.05, 0.1) is 11.1 Å². The Kier molecular flexibility index (Phi) is 6.76. The molecular weight excluding hydrogens is 420 g/mol. The molecule has 2 fully saturated rings. The van der Waals surface area contributed by atoms with Crippen LogP contribution in [0.15, 0.2) is 36.4 Å². The smallest absolute Gasteiger partial charge is 0.196 e. The maximum atomic E-state index is 13.8. The molecule has 0 aromatic heterocycles. The molecule has 34 heavy (non-hydrogen) atoms. The molecular formula is C30H38N2O2. The minimum absolute atomic E-state index is 0.0440. The number of carbonyl (C=O) groups excluding carboxylic acids is 2. The Labute approximate surface area is 203 Å². The minimum Gasteiger partial charge on any atom is -0.382 e. The van der Waals surface area contributed by atoms with E-state index in [9.17, 15) is 9.59 Å². The summed E-state index contributed by atoms with van der Waals surface area (Å²) in [5.41, 5.74) is 3.74. The zero-order valence-corrected chi connectivity index (χ0v) is 20.7. The predicted molar refractivity (Wildman–Crippen MR) is 139 cm³/mol. The molecule has 4 nitrogen and oxygen atoms in total. The van der Waals surface area contributed by atoms with Gasteiger partial charge in [-0.25, -0.2) is 0 Å². The second kappa shape index (κ2) is 9.93. The van der Waals surface area contributed by atoms with Crippen molar-refractivity contribution in [3.8, 4) is 0 Å². The molecule has 0 spiro atoms. The number of fused-ring (bicyclic) bond motifs is 2. The van der Waals surface area contributed by atoms with Crippen LogP contribution in [0.1, 0.15) is 110 Å². The number of benzene rings is 2. The fourth-order valence-electron chi connectivity index (χ4n) is 6.46. The predicted octanol–water partition coefficient (Wildman–Crippen LogP) is 7.22. The van der Waals surface area contributed by atoms with E-state index in [2.05, 4.69) is 24.5 Å². The number of hydrogen-bond donors (Lipinski definition) is 2. The third-order valence-electron chi connectivity index (χ3n) is 8.56. The molecule has 2 saturated carbocycles. The third kappa shape index (κ3) is 4.39. The first-order valence-electron chi connectivity index (χ1n) is 13.4. The average Bonchev–Trinajstić information content (AvgIpc) is 2.89. The van der Waals surface area contributed by atoms with Crippen molar-refractivity contribution in [1.82, 2.24) is 0 Å². The topological polar surface area (TPSA) is 58.2 Å². The highest BCUT2D eigenvalue weighted by atomic mass is 16.1. The molecule has 2 aromatic rings. The third-order valence-corrected chi connectivity index (χ3v) is 8.56. The van der Waals surface area contributed by atoms with Crippen LogP contribution in [0.25, 0.3) is 0 Å². The van der Waals surface area contributed by atoms with Crippen molar-refractivity contribution in [1.29, 1.82) is 0 Å². The van der Waals surface area contributed by atoms with E-state index < -0.39 is 0 Å². The molecule has 0 radical (unpaired) electrons. The number of nitrogens with one attached hydrogen (secondary N) is 2. The maximum Gasteiger partial charge on any atom is 0.196 e. The highest BCUT2D eigenvalue weighted by Crippen LogP contribution is 2.39. The zero-order chi connectivity index (χ0) is 23.7. The normalized spacial score (nSPS) is 20.9. The Hall–Kier alpha value is -2.62. The van der Waals surface area contributed by atoms with Crippen molar-refractivity contribution >= 4 is 22.9 Å². The second-order valence-electron chi connectivity index (χ2n) is 10.8. The van der Waals surface area contributed by atoms with Crippen molar-refractivity contribution in [3.63, 3.8) is 0 Å². The summed E-state index contributed by atoms with van der Waals surface area (Å²) in [6.07, 6.45) is 12.7. The Morgan fingerprint density at radius 2 is 1.00 bits per heavy atom. The van der Waals surface area contributed by atoms with Gasteiger partial charge < -0.3 is 10.6 Å². The van der Waals surface area contributed by atoms with Gasteiger partial charge in [0.1, 0.15) is 0 Å². The lowest BCUT2D eigenvalue weighted by atomic mass is 9.80. The molecule has 0 amide bonds. The number of carbonyl (C=O) groups is 2. The Morgan fingerprint density at radius 1 is 0.618 bits per heavy atom. The lowest BCUT2D eigenvalue weighted by Gasteiger charge is -2.32. The van der Waals surface area contributed by atoms with Crippen LogP contribution in [-0.4, -0.2) is 23.7 Å². The molecule has 3 aliphatic carbocycles. The van der Waals surface area contributed by atoms with Gasteiger partial charge in [-0.15, -0.1) is 0 Å². The van der Waals surface area contributed by atoms with Gasteiger partial charge in [-0.05, 0) is 63.5 Å².